The first-order valence-corrected chi connectivity index (χ1v) is 9.95. The van der Waals surface area contributed by atoms with Gasteiger partial charge < -0.3 is 14.8 Å². The maximum Gasteiger partial charge on any atom is 0.255 e. The van der Waals surface area contributed by atoms with E-state index in [1.807, 2.05) is 32.2 Å². The van der Waals surface area contributed by atoms with Gasteiger partial charge in [0, 0.05) is 24.4 Å². The number of amides is 1. The fourth-order valence-corrected chi connectivity index (χ4v) is 4.26. The lowest BCUT2D eigenvalue weighted by atomic mass is 9.94. The first-order valence-electron chi connectivity index (χ1n) is 9.95. The molecule has 8 heteroatoms. The molecule has 0 spiro atoms. The van der Waals surface area contributed by atoms with Crippen molar-refractivity contribution in [3.63, 3.8) is 0 Å². The lowest BCUT2D eigenvalue weighted by Crippen LogP contribution is -2.37. The van der Waals surface area contributed by atoms with Crippen LogP contribution in [0.2, 0.25) is 0 Å². The zero-order valence-electron chi connectivity index (χ0n) is 17.7. The summed E-state index contributed by atoms with van der Waals surface area (Å²) in [6.45, 7) is 2.08. The van der Waals surface area contributed by atoms with Crippen LogP contribution in [0.5, 0.6) is 0 Å². The van der Waals surface area contributed by atoms with E-state index in [1.54, 1.807) is 27.9 Å². The van der Waals surface area contributed by atoms with Crippen molar-refractivity contribution in [2.24, 2.45) is 12.2 Å². The highest BCUT2D eigenvalue weighted by Crippen LogP contribution is 2.34. The number of benzene rings is 2. The number of likely N-dealkylation sites (tertiary alicyclic amines) is 1. The van der Waals surface area contributed by atoms with Gasteiger partial charge in [-0.2, -0.15) is 10.4 Å². The van der Waals surface area contributed by atoms with Crippen LogP contribution in [0.1, 0.15) is 27.9 Å². The molecule has 0 unspecified atom stereocenters. The number of oxime groups is 1. The van der Waals surface area contributed by atoms with Gasteiger partial charge in [-0.1, -0.05) is 23.4 Å². The van der Waals surface area contributed by atoms with Crippen LogP contribution in [-0.4, -0.2) is 57.7 Å². The predicted molar refractivity (Wildman–Crippen MR) is 117 cm³/mol. The molecule has 0 saturated carbocycles. The summed E-state index contributed by atoms with van der Waals surface area (Å²) in [5, 5.41) is 28.3. The zero-order valence-corrected chi connectivity index (χ0v) is 17.7. The van der Waals surface area contributed by atoms with Crippen molar-refractivity contribution in [1.29, 1.82) is 5.26 Å². The summed E-state index contributed by atoms with van der Waals surface area (Å²) in [5.74, 6) is -0.188. The van der Waals surface area contributed by atoms with Gasteiger partial charge in [0.25, 0.3) is 5.91 Å². The summed E-state index contributed by atoms with van der Waals surface area (Å²) in [7, 11) is 3.30. The van der Waals surface area contributed by atoms with Crippen LogP contribution in [0.25, 0.3) is 22.0 Å². The van der Waals surface area contributed by atoms with E-state index in [0.29, 0.717) is 24.1 Å². The van der Waals surface area contributed by atoms with E-state index in [9.17, 15) is 15.2 Å². The Morgan fingerprint density at radius 1 is 1.35 bits per heavy atom. The van der Waals surface area contributed by atoms with Crippen molar-refractivity contribution in [2.45, 2.75) is 19.4 Å². The third-order valence-electron chi connectivity index (χ3n) is 5.83. The fourth-order valence-electron chi connectivity index (χ4n) is 4.26. The molecule has 1 amide bonds. The van der Waals surface area contributed by atoms with E-state index in [2.05, 4.69) is 16.3 Å². The third-order valence-corrected chi connectivity index (χ3v) is 5.83. The molecule has 1 aromatic heterocycles. The Morgan fingerprint density at radius 3 is 2.87 bits per heavy atom. The lowest BCUT2D eigenvalue weighted by molar-refractivity contribution is 0.0682. The van der Waals surface area contributed by atoms with E-state index in [4.69, 9.17) is 4.84 Å². The van der Waals surface area contributed by atoms with E-state index >= 15 is 0 Å². The Morgan fingerprint density at radius 2 is 2.16 bits per heavy atom. The number of carbonyl (C=O) groups is 1. The Kier molecular flexibility index (Phi) is 5.44. The molecule has 158 valence electrons. The second kappa shape index (κ2) is 8.20. The number of aryl methyl sites for hydroxylation is 1. The van der Waals surface area contributed by atoms with Gasteiger partial charge in [0.1, 0.15) is 7.11 Å². The molecule has 0 aliphatic carbocycles. The minimum atomic E-state index is -0.345. The molecule has 31 heavy (non-hydrogen) atoms. The Labute approximate surface area is 179 Å². The fraction of sp³-hybridized carbons (Fsp3) is 0.304. The molecule has 1 saturated heterocycles. The highest BCUT2D eigenvalue weighted by molar-refractivity contribution is 6.11. The van der Waals surface area contributed by atoms with Crippen molar-refractivity contribution in [3.8, 4) is 17.2 Å². The molecule has 1 aliphatic heterocycles. The number of nitrogens with zero attached hydrogens (tertiary/aromatic N) is 5. The predicted octanol–water partition coefficient (Wildman–Crippen LogP) is 2.63. The molecule has 0 bridgehead atoms. The lowest BCUT2D eigenvalue weighted by Gasteiger charge is -2.23. The number of aliphatic hydroxyl groups excluding tert-OH is 1. The Balaban J connectivity index is 1.83. The van der Waals surface area contributed by atoms with Crippen LogP contribution < -0.4 is 0 Å². The molecule has 0 radical (unpaired) electrons. The number of rotatable bonds is 4. The average Bonchev–Trinajstić information content (AvgIpc) is 3.37. The van der Waals surface area contributed by atoms with E-state index < -0.39 is 0 Å². The first kappa shape index (κ1) is 20.6. The molecule has 4 rings (SSSR count). The largest absolute Gasteiger partial charge is 0.399 e. The summed E-state index contributed by atoms with van der Waals surface area (Å²) in [6, 6.07) is 11.2. The van der Waals surface area contributed by atoms with Gasteiger partial charge in [-0.3, -0.25) is 9.48 Å². The number of hydrogen-bond donors (Lipinski definition) is 1. The quantitative estimate of drug-likeness (QED) is 0.657. The molecule has 1 aliphatic rings. The smallest absolute Gasteiger partial charge is 0.255 e. The van der Waals surface area contributed by atoms with Crippen LogP contribution >= 0.6 is 0 Å². The highest BCUT2D eigenvalue weighted by Gasteiger charge is 2.34. The molecule has 3 aromatic rings. The van der Waals surface area contributed by atoms with Gasteiger partial charge in [-0.15, -0.1) is 0 Å². The van der Waals surface area contributed by atoms with E-state index in [1.165, 1.54) is 7.11 Å². The monoisotopic (exact) mass is 417 g/mol. The van der Waals surface area contributed by atoms with Crippen molar-refractivity contribution >= 4 is 22.5 Å². The molecule has 8 nitrogen and oxygen atoms in total. The molecular formula is C23H23N5O3. The van der Waals surface area contributed by atoms with Gasteiger partial charge in [-0.25, -0.2) is 0 Å². The maximum atomic E-state index is 13.4. The van der Waals surface area contributed by atoms with Crippen LogP contribution in [0.3, 0.4) is 0 Å². The van der Waals surface area contributed by atoms with Gasteiger partial charge in [0.15, 0.2) is 0 Å². The first-order chi connectivity index (χ1) is 15.0. The second-order valence-corrected chi connectivity index (χ2v) is 7.59. The molecule has 2 heterocycles. The van der Waals surface area contributed by atoms with Gasteiger partial charge in [-0.05, 0) is 30.2 Å². The molecular weight excluding hydrogens is 394 g/mol. The summed E-state index contributed by atoms with van der Waals surface area (Å²) < 4.78 is 1.74. The SMILES string of the molecule is CO/N=C1\C[C@@H](CO)N(C(=O)c2ccc(-c3cccc(C#N)c3C)c3c2cnn3C)C1. The summed E-state index contributed by atoms with van der Waals surface area (Å²) in [6.07, 6.45) is 2.16. The summed E-state index contributed by atoms with van der Waals surface area (Å²) >= 11 is 0. The van der Waals surface area contributed by atoms with Crippen LogP contribution in [0.4, 0.5) is 0 Å². The Bertz CT molecular complexity index is 1240. The normalized spacial score (nSPS) is 17.3. The van der Waals surface area contributed by atoms with E-state index in [0.717, 1.165) is 33.3 Å². The minimum absolute atomic E-state index is 0.150. The molecule has 1 N–H and O–H groups in total. The highest BCUT2D eigenvalue weighted by atomic mass is 16.6. The number of carbonyl (C=O) groups excluding carboxylic acids is 1. The topological polar surface area (TPSA) is 104 Å². The third kappa shape index (κ3) is 3.43. The average molecular weight is 417 g/mol. The van der Waals surface area contributed by atoms with Crippen molar-refractivity contribution in [3.05, 3.63) is 53.2 Å². The number of nitriles is 1. The minimum Gasteiger partial charge on any atom is -0.399 e. The van der Waals surface area contributed by atoms with Crippen LogP contribution in [-0.2, 0) is 11.9 Å². The molecule has 2 aromatic carbocycles. The van der Waals surface area contributed by atoms with Gasteiger partial charge in [0.2, 0.25) is 0 Å². The number of hydrogen-bond acceptors (Lipinski definition) is 6. The van der Waals surface area contributed by atoms with Gasteiger partial charge in [0.05, 0.1) is 53.8 Å². The maximum absolute atomic E-state index is 13.4. The summed E-state index contributed by atoms with van der Waals surface area (Å²) in [5.41, 5.74) is 5.37. The Hall–Kier alpha value is -3.70. The van der Waals surface area contributed by atoms with Crippen molar-refractivity contribution in [2.75, 3.05) is 20.3 Å². The van der Waals surface area contributed by atoms with Crippen LogP contribution in [0, 0.1) is 18.3 Å². The van der Waals surface area contributed by atoms with Crippen LogP contribution in [0.15, 0.2) is 41.7 Å². The second-order valence-electron chi connectivity index (χ2n) is 7.59. The number of aromatic nitrogens is 2. The number of aliphatic hydroxyl groups is 1. The van der Waals surface area contributed by atoms with Gasteiger partial charge >= 0.3 is 0 Å². The van der Waals surface area contributed by atoms with Crippen molar-refractivity contribution in [1.82, 2.24) is 14.7 Å². The van der Waals surface area contributed by atoms with E-state index in [-0.39, 0.29) is 18.6 Å². The molecule has 1 fully saturated rings. The standard InChI is InChI=1S/C23H23N5O3/c1-14-15(10-24)5-4-6-18(14)19-7-8-20(21-11-25-27(2)22(19)21)23(30)28-12-16(26-31-3)9-17(28)13-29/h4-8,11,17,29H,9,12-13H2,1-3H3/b26-16+/t17-/m0/s1. The van der Waals surface area contributed by atoms with Crippen molar-refractivity contribution < 1.29 is 14.7 Å². The summed E-state index contributed by atoms with van der Waals surface area (Å²) in [4.78, 5) is 19.9. The zero-order chi connectivity index (χ0) is 22.1. The number of fused-ring (bicyclic) bond motifs is 1. The molecule has 1 atom stereocenters.